The topological polar surface area (TPSA) is 69.4 Å². The highest BCUT2D eigenvalue weighted by Gasteiger charge is 2.21. The zero-order valence-corrected chi connectivity index (χ0v) is 31.8. The highest BCUT2D eigenvalue weighted by atomic mass is 15.1. The Morgan fingerprint density at radius 3 is 1.34 bits per heavy atom. The molecular formula is C53H34N6. The Morgan fingerprint density at radius 2 is 0.763 bits per heavy atom. The molecule has 0 unspecified atom stereocenters. The summed E-state index contributed by atoms with van der Waals surface area (Å²) < 4.78 is 2.26. The van der Waals surface area contributed by atoms with E-state index in [0.717, 1.165) is 88.9 Å². The number of benzene rings is 8. The van der Waals surface area contributed by atoms with Gasteiger partial charge in [-0.3, -0.25) is 4.57 Å². The van der Waals surface area contributed by atoms with Crippen LogP contribution in [0.4, 0.5) is 0 Å². The summed E-state index contributed by atoms with van der Waals surface area (Å²) in [7, 11) is 0. The molecule has 0 atom stereocenters. The minimum Gasteiger partial charge on any atom is -0.292 e. The van der Waals surface area contributed by atoms with Crippen LogP contribution in [0.2, 0.25) is 0 Å². The van der Waals surface area contributed by atoms with E-state index in [1.54, 1.807) is 0 Å². The Labute approximate surface area is 340 Å². The van der Waals surface area contributed by atoms with Crippen molar-refractivity contribution in [3.8, 4) is 73.6 Å². The zero-order valence-electron chi connectivity index (χ0n) is 31.8. The predicted molar refractivity (Wildman–Crippen MR) is 240 cm³/mol. The Kier molecular flexibility index (Phi) is 8.37. The third-order valence-electron chi connectivity index (χ3n) is 10.9. The quantitative estimate of drug-likeness (QED) is 0.152. The van der Waals surface area contributed by atoms with Gasteiger partial charge >= 0.3 is 0 Å². The smallest absolute Gasteiger partial charge is 0.164 e. The summed E-state index contributed by atoms with van der Waals surface area (Å²) in [5, 5.41) is 3.26. The van der Waals surface area contributed by atoms with Gasteiger partial charge in [-0.15, -0.1) is 0 Å². The van der Waals surface area contributed by atoms with Crippen LogP contribution in [-0.4, -0.2) is 29.5 Å². The van der Waals surface area contributed by atoms with E-state index in [4.69, 9.17) is 24.9 Å². The number of para-hydroxylation sites is 2. The summed E-state index contributed by atoms with van der Waals surface area (Å²) in [5.41, 5.74) is 11.9. The van der Waals surface area contributed by atoms with Crippen LogP contribution in [0.25, 0.3) is 106 Å². The number of nitrogens with zero attached hydrogens (tertiary/aromatic N) is 6. The number of aromatic nitrogens is 6. The van der Waals surface area contributed by atoms with Crippen molar-refractivity contribution in [2.75, 3.05) is 0 Å². The number of hydrogen-bond donors (Lipinski definition) is 0. The lowest BCUT2D eigenvalue weighted by atomic mass is 9.97. The molecule has 0 fully saturated rings. The van der Waals surface area contributed by atoms with Crippen molar-refractivity contribution in [1.29, 1.82) is 0 Å². The molecular weight excluding hydrogens is 721 g/mol. The number of hydrogen-bond acceptors (Lipinski definition) is 5. The van der Waals surface area contributed by atoms with Crippen LogP contribution in [0.3, 0.4) is 0 Å². The molecule has 0 saturated heterocycles. The van der Waals surface area contributed by atoms with E-state index in [9.17, 15) is 0 Å². The number of rotatable bonds is 7. The molecule has 276 valence electrons. The van der Waals surface area contributed by atoms with E-state index in [-0.39, 0.29) is 0 Å². The normalized spacial score (nSPS) is 11.4. The van der Waals surface area contributed by atoms with E-state index in [1.165, 1.54) is 0 Å². The van der Waals surface area contributed by atoms with Crippen molar-refractivity contribution in [2.45, 2.75) is 0 Å². The largest absolute Gasteiger partial charge is 0.292 e. The zero-order chi connectivity index (χ0) is 39.1. The fourth-order valence-electron chi connectivity index (χ4n) is 7.98. The van der Waals surface area contributed by atoms with Gasteiger partial charge in [0.25, 0.3) is 0 Å². The highest BCUT2D eigenvalue weighted by molar-refractivity contribution is 6.20. The fourth-order valence-corrected chi connectivity index (χ4v) is 7.98. The predicted octanol–water partition coefficient (Wildman–Crippen LogP) is 12.9. The molecule has 3 aromatic heterocycles. The minimum atomic E-state index is 0.630. The minimum absolute atomic E-state index is 0.630. The Balaban J connectivity index is 1.01. The summed E-state index contributed by atoms with van der Waals surface area (Å²) in [4.78, 5) is 25.5. The van der Waals surface area contributed by atoms with Gasteiger partial charge in [0.2, 0.25) is 0 Å². The first-order valence-corrected chi connectivity index (χ1v) is 19.7. The van der Waals surface area contributed by atoms with Crippen LogP contribution < -0.4 is 0 Å². The molecule has 8 aromatic carbocycles. The molecule has 0 bridgehead atoms. The molecule has 0 aliphatic carbocycles. The SMILES string of the molecule is c1ccc(-c2nc(-c3ccccc3)nc(-c3ccc(-c4ccc(-c5nc6ccccc6c6ccc7c(nc(-c8ccccc8)n7-c7ccccc7)c56)cc4)cc3)n2)cc1. The van der Waals surface area contributed by atoms with E-state index in [2.05, 4.69) is 138 Å². The van der Waals surface area contributed by atoms with Crippen molar-refractivity contribution in [3.05, 3.63) is 206 Å². The van der Waals surface area contributed by atoms with Crippen LogP contribution in [0.5, 0.6) is 0 Å². The van der Waals surface area contributed by atoms with E-state index in [0.29, 0.717) is 17.5 Å². The lowest BCUT2D eigenvalue weighted by Gasteiger charge is -2.13. The second kappa shape index (κ2) is 14.4. The number of pyridine rings is 1. The fraction of sp³-hybridized carbons (Fsp3) is 0. The van der Waals surface area contributed by atoms with Crippen LogP contribution in [0.1, 0.15) is 0 Å². The molecule has 3 heterocycles. The van der Waals surface area contributed by atoms with Crippen molar-refractivity contribution < 1.29 is 0 Å². The van der Waals surface area contributed by atoms with E-state index >= 15 is 0 Å². The van der Waals surface area contributed by atoms with E-state index in [1.807, 2.05) is 72.8 Å². The summed E-state index contributed by atoms with van der Waals surface area (Å²) in [6, 6.07) is 70.9. The maximum Gasteiger partial charge on any atom is 0.164 e. The van der Waals surface area contributed by atoms with Gasteiger partial charge in [0.1, 0.15) is 5.82 Å². The van der Waals surface area contributed by atoms with Crippen molar-refractivity contribution in [3.63, 3.8) is 0 Å². The van der Waals surface area contributed by atoms with Gasteiger partial charge in [0.05, 0.1) is 22.2 Å². The molecule has 0 radical (unpaired) electrons. The van der Waals surface area contributed by atoms with Crippen LogP contribution in [0, 0.1) is 0 Å². The lowest BCUT2D eigenvalue weighted by molar-refractivity contribution is 1.07. The lowest BCUT2D eigenvalue weighted by Crippen LogP contribution is -2.00. The highest BCUT2D eigenvalue weighted by Crippen LogP contribution is 2.40. The third kappa shape index (κ3) is 6.20. The van der Waals surface area contributed by atoms with Crippen LogP contribution >= 0.6 is 0 Å². The second-order valence-electron chi connectivity index (χ2n) is 14.5. The molecule has 6 nitrogen and oxygen atoms in total. The molecule has 6 heteroatoms. The van der Waals surface area contributed by atoms with Crippen molar-refractivity contribution in [1.82, 2.24) is 29.5 Å². The molecule has 11 aromatic rings. The first kappa shape index (κ1) is 34.2. The molecule has 0 saturated carbocycles. The van der Waals surface area contributed by atoms with Gasteiger partial charge in [0.15, 0.2) is 17.5 Å². The van der Waals surface area contributed by atoms with Gasteiger partial charge in [-0.05, 0) is 40.8 Å². The summed E-state index contributed by atoms with van der Waals surface area (Å²) in [5.74, 6) is 2.81. The average molecular weight is 755 g/mol. The molecule has 11 rings (SSSR count). The Hall–Kier alpha value is -8.09. The molecule has 0 aliphatic rings. The average Bonchev–Trinajstić information content (AvgIpc) is 3.72. The summed E-state index contributed by atoms with van der Waals surface area (Å²) in [6.07, 6.45) is 0. The molecule has 0 amide bonds. The van der Waals surface area contributed by atoms with Gasteiger partial charge < -0.3 is 0 Å². The van der Waals surface area contributed by atoms with Gasteiger partial charge in [-0.2, -0.15) is 0 Å². The van der Waals surface area contributed by atoms with Crippen LogP contribution in [0.15, 0.2) is 206 Å². The molecule has 0 aliphatic heterocycles. The maximum atomic E-state index is 5.43. The summed E-state index contributed by atoms with van der Waals surface area (Å²) in [6.45, 7) is 0. The number of fused-ring (bicyclic) bond motifs is 5. The molecule has 0 N–H and O–H groups in total. The van der Waals surface area contributed by atoms with Gasteiger partial charge in [0, 0.05) is 44.3 Å². The first-order chi connectivity index (χ1) is 29.2. The Morgan fingerprint density at radius 1 is 0.305 bits per heavy atom. The van der Waals surface area contributed by atoms with Crippen LogP contribution in [-0.2, 0) is 0 Å². The Bertz CT molecular complexity index is 3220. The summed E-state index contributed by atoms with van der Waals surface area (Å²) >= 11 is 0. The van der Waals surface area contributed by atoms with Gasteiger partial charge in [-0.25, -0.2) is 24.9 Å². The second-order valence-corrected chi connectivity index (χ2v) is 14.5. The standard InChI is InChI=1S/C53H34N6/c1-5-15-38(16-6-1)50-56-51(39-17-7-2-8-18-39)58-52(57-50)40-31-27-36(28-32-40)35-25-29-37(30-26-35)48-47-44(43-23-13-14-24-45(43)54-48)33-34-46-49(47)55-53(41-19-9-3-10-20-41)59(46)42-21-11-4-12-22-42/h1-34H. The van der Waals surface area contributed by atoms with Crippen molar-refractivity contribution >= 4 is 32.7 Å². The van der Waals surface area contributed by atoms with E-state index < -0.39 is 0 Å². The van der Waals surface area contributed by atoms with Gasteiger partial charge in [-0.1, -0.05) is 182 Å². The maximum absolute atomic E-state index is 5.43. The number of imidazole rings is 1. The molecule has 0 spiro atoms. The molecule has 59 heavy (non-hydrogen) atoms. The third-order valence-corrected chi connectivity index (χ3v) is 10.9. The monoisotopic (exact) mass is 754 g/mol. The van der Waals surface area contributed by atoms with Crippen molar-refractivity contribution in [2.24, 2.45) is 0 Å². The first-order valence-electron chi connectivity index (χ1n) is 19.7.